The average Bonchev–Trinajstić information content (AvgIpc) is 3.11. The Morgan fingerprint density at radius 2 is 1.78 bits per heavy atom. The molecule has 1 aliphatic heterocycles. The third-order valence-electron chi connectivity index (χ3n) is 6.99. The number of nitrogens with zero attached hydrogens (tertiary/aromatic N) is 1. The molecule has 7 nitrogen and oxygen atoms in total. The van der Waals surface area contributed by atoms with Crippen LogP contribution in [0, 0.1) is 17.7 Å². The van der Waals surface area contributed by atoms with E-state index in [4.69, 9.17) is 4.74 Å². The predicted molar refractivity (Wildman–Crippen MR) is 140 cm³/mol. The van der Waals surface area contributed by atoms with E-state index < -0.39 is 23.8 Å². The first kappa shape index (κ1) is 28.2. The first-order valence-corrected chi connectivity index (χ1v) is 13.1. The Balaban J connectivity index is 1.87. The van der Waals surface area contributed by atoms with E-state index in [1.54, 1.807) is 29.2 Å². The number of anilines is 1. The molecule has 0 radical (unpaired) electrons. The van der Waals surface area contributed by atoms with Gasteiger partial charge in [0.2, 0.25) is 11.8 Å². The number of amides is 2. The Morgan fingerprint density at radius 3 is 2.46 bits per heavy atom. The summed E-state index contributed by atoms with van der Waals surface area (Å²) in [6.45, 7) is 2.56. The molecule has 1 aliphatic rings. The zero-order valence-electron chi connectivity index (χ0n) is 21.6. The molecule has 200 valence electrons. The summed E-state index contributed by atoms with van der Waals surface area (Å²) in [5.74, 6) is -2.37. The highest BCUT2D eigenvalue weighted by atomic mass is 19.1. The molecule has 0 spiro atoms. The van der Waals surface area contributed by atoms with Crippen molar-refractivity contribution in [1.29, 1.82) is 0 Å². The summed E-state index contributed by atoms with van der Waals surface area (Å²) in [6, 6.07) is 12.3. The number of carbonyl (C=O) groups excluding carboxylic acids is 2. The van der Waals surface area contributed by atoms with E-state index in [-0.39, 0.29) is 24.1 Å². The van der Waals surface area contributed by atoms with Crippen LogP contribution in [0.2, 0.25) is 0 Å². The number of aliphatic carboxylic acids is 1. The Bertz CT molecular complexity index is 1060. The molecular weight excluding hydrogens is 475 g/mol. The van der Waals surface area contributed by atoms with Crippen molar-refractivity contribution < 1.29 is 28.6 Å². The molecule has 2 aromatic carbocycles. The molecule has 0 aromatic heterocycles. The molecule has 2 aromatic rings. The zero-order chi connectivity index (χ0) is 26.8. The number of carbonyl (C=O) groups is 3. The van der Waals surface area contributed by atoms with Gasteiger partial charge in [-0.2, -0.15) is 0 Å². The van der Waals surface area contributed by atoms with E-state index in [0.717, 1.165) is 24.8 Å². The number of benzene rings is 2. The number of hydrogen-bond donors (Lipinski definition) is 2. The lowest BCUT2D eigenvalue weighted by atomic mass is 9.88. The van der Waals surface area contributed by atoms with Crippen LogP contribution in [0.1, 0.15) is 57.4 Å². The minimum atomic E-state index is -0.947. The molecule has 1 fully saturated rings. The zero-order valence-corrected chi connectivity index (χ0v) is 21.6. The highest BCUT2D eigenvalue weighted by Gasteiger charge is 2.37. The maximum Gasteiger partial charge on any atom is 0.306 e. The molecule has 0 bridgehead atoms. The lowest BCUT2D eigenvalue weighted by Crippen LogP contribution is -2.51. The van der Waals surface area contributed by atoms with Gasteiger partial charge in [-0.1, -0.05) is 37.6 Å². The lowest BCUT2D eigenvalue weighted by Gasteiger charge is -2.34. The smallest absolute Gasteiger partial charge is 0.306 e. The van der Waals surface area contributed by atoms with Crippen LogP contribution < -0.4 is 15.0 Å². The van der Waals surface area contributed by atoms with E-state index >= 15 is 0 Å². The molecule has 1 heterocycles. The first-order chi connectivity index (χ1) is 17.8. The summed E-state index contributed by atoms with van der Waals surface area (Å²) in [5, 5.41) is 12.8. The normalized spacial score (nSPS) is 17.3. The minimum Gasteiger partial charge on any atom is -0.495 e. The Kier molecular flexibility index (Phi) is 10.5. The highest BCUT2D eigenvalue weighted by Crippen LogP contribution is 2.34. The Morgan fingerprint density at radius 1 is 1.08 bits per heavy atom. The van der Waals surface area contributed by atoms with Crippen LogP contribution >= 0.6 is 0 Å². The van der Waals surface area contributed by atoms with E-state index in [0.29, 0.717) is 43.7 Å². The number of ether oxygens (including phenoxy) is 1. The number of halogens is 1. The van der Waals surface area contributed by atoms with Crippen molar-refractivity contribution in [3.63, 3.8) is 0 Å². The second kappa shape index (κ2) is 13.8. The van der Waals surface area contributed by atoms with Gasteiger partial charge in [0.15, 0.2) is 0 Å². The fraction of sp³-hybridized carbons (Fsp3) is 0.483. The Labute approximate surface area is 218 Å². The van der Waals surface area contributed by atoms with Gasteiger partial charge in [-0.25, -0.2) is 4.39 Å². The number of rotatable bonds is 12. The van der Waals surface area contributed by atoms with Gasteiger partial charge in [0.1, 0.15) is 17.6 Å². The van der Waals surface area contributed by atoms with Gasteiger partial charge in [0.05, 0.1) is 18.7 Å². The van der Waals surface area contributed by atoms with Gasteiger partial charge in [0.25, 0.3) is 0 Å². The molecule has 2 N–H and O–H groups in total. The Hall–Kier alpha value is -3.42. The summed E-state index contributed by atoms with van der Waals surface area (Å²) in [5.41, 5.74) is 1.28. The standard InChI is InChI=1S/C29H37FN2O5/c1-3-8-21(14-15-22(29(35)36)19-20-12-16-23(30)17-13-20)28(34)32(24-9-4-5-11-26(24)37-2)25-10-6-7-18-31-27(25)33/h4-5,9,11-13,16-17,21-22,25H,3,6-8,10,14-15,18-19H2,1-2H3,(H,31,33)(H,35,36)/t21-,22+,25-/m0/s1. The molecule has 8 heteroatoms. The van der Waals surface area contributed by atoms with Crippen LogP contribution in [-0.4, -0.2) is 42.6 Å². The second-order valence-corrected chi connectivity index (χ2v) is 9.61. The van der Waals surface area contributed by atoms with Gasteiger partial charge >= 0.3 is 5.97 Å². The molecule has 0 unspecified atom stereocenters. The molecule has 2 amide bonds. The molecule has 0 aliphatic carbocycles. The van der Waals surface area contributed by atoms with Gasteiger partial charge in [-0.15, -0.1) is 0 Å². The topological polar surface area (TPSA) is 95.9 Å². The summed E-state index contributed by atoms with van der Waals surface area (Å²) in [7, 11) is 1.53. The van der Waals surface area contributed by atoms with Crippen molar-refractivity contribution in [2.75, 3.05) is 18.6 Å². The number of nitrogens with one attached hydrogen (secondary N) is 1. The predicted octanol–water partition coefficient (Wildman–Crippen LogP) is 4.98. The maximum absolute atomic E-state index is 14.1. The van der Waals surface area contributed by atoms with E-state index in [1.807, 2.05) is 19.1 Å². The fourth-order valence-electron chi connectivity index (χ4n) is 5.00. The molecule has 1 saturated heterocycles. The van der Waals surface area contributed by atoms with Crippen LogP contribution in [0.3, 0.4) is 0 Å². The van der Waals surface area contributed by atoms with Crippen molar-refractivity contribution in [2.24, 2.45) is 11.8 Å². The van der Waals surface area contributed by atoms with Crippen LogP contribution in [0.25, 0.3) is 0 Å². The van der Waals surface area contributed by atoms with Crippen molar-refractivity contribution in [2.45, 2.75) is 64.3 Å². The van der Waals surface area contributed by atoms with Gasteiger partial charge in [-0.3, -0.25) is 19.3 Å². The SMILES string of the molecule is CCC[C@@H](CC[C@H](Cc1ccc(F)cc1)C(=O)O)C(=O)N(c1ccccc1OC)[C@H]1CCCCNC1=O. The van der Waals surface area contributed by atoms with Crippen molar-refractivity contribution in [3.8, 4) is 5.75 Å². The van der Waals surface area contributed by atoms with Crippen LogP contribution in [0.4, 0.5) is 10.1 Å². The lowest BCUT2D eigenvalue weighted by molar-refractivity contribution is -0.142. The third-order valence-corrected chi connectivity index (χ3v) is 6.99. The quantitative estimate of drug-likeness (QED) is 0.418. The maximum atomic E-state index is 14.1. The van der Waals surface area contributed by atoms with Crippen molar-refractivity contribution >= 4 is 23.5 Å². The number of carboxylic acid groups (broad SMARTS) is 1. The summed E-state index contributed by atoms with van der Waals surface area (Å²) in [6.07, 6.45) is 4.41. The van der Waals surface area contributed by atoms with Crippen LogP contribution in [-0.2, 0) is 20.8 Å². The summed E-state index contributed by atoms with van der Waals surface area (Å²) < 4.78 is 18.8. The summed E-state index contributed by atoms with van der Waals surface area (Å²) >= 11 is 0. The van der Waals surface area contributed by atoms with E-state index in [9.17, 15) is 23.9 Å². The first-order valence-electron chi connectivity index (χ1n) is 13.1. The monoisotopic (exact) mass is 512 g/mol. The van der Waals surface area contributed by atoms with Crippen LogP contribution in [0.15, 0.2) is 48.5 Å². The number of hydrogen-bond acceptors (Lipinski definition) is 4. The second-order valence-electron chi connectivity index (χ2n) is 9.61. The van der Waals surface area contributed by atoms with Crippen molar-refractivity contribution in [1.82, 2.24) is 5.32 Å². The van der Waals surface area contributed by atoms with Gasteiger partial charge < -0.3 is 15.2 Å². The van der Waals surface area contributed by atoms with E-state index in [1.165, 1.54) is 19.2 Å². The van der Waals surface area contributed by atoms with Gasteiger partial charge in [-0.05, 0) is 74.8 Å². The number of para-hydroxylation sites is 2. The molecule has 0 saturated carbocycles. The fourth-order valence-corrected chi connectivity index (χ4v) is 5.00. The molecular formula is C29H37FN2O5. The number of methoxy groups -OCH3 is 1. The van der Waals surface area contributed by atoms with Gasteiger partial charge in [0, 0.05) is 12.5 Å². The summed E-state index contributed by atoms with van der Waals surface area (Å²) in [4.78, 5) is 40.8. The molecule has 3 rings (SSSR count). The van der Waals surface area contributed by atoms with Crippen LogP contribution in [0.5, 0.6) is 5.75 Å². The molecule has 37 heavy (non-hydrogen) atoms. The van der Waals surface area contributed by atoms with Crippen molar-refractivity contribution in [3.05, 3.63) is 59.9 Å². The minimum absolute atomic E-state index is 0.188. The average molecular weight is 513 g/mol. The number of carboxylic acids is 1. The third kappa shape index (κ3) is 7.54. The highest BCUT2D eigenvalue weighted by molar-refractivity contribution is 6.03. The largest absolute Gasteiger partial charge is 0.495 e. The molecule has 3 atom stereocenters. The van der Waals surface area contributed by atoms with E-state index in [2.05, 4.69) is 5.32 Å².